The van der Waals surface area contributed by atoms with E-state index in [1.807, 2.05) is 31.2 Å². The minimum Gasteiger partial charge on any atom is -0.489 e. The van der Waals surface area contributed by atoms with E-state index in [2.05, 4.69) is 20.9 Å². The number of pyridine rings is 2. The van der Waals surface area contributed by atoms with Crippen molar-refractivity contribution in [1.29, 1.82) is 5.26 Å². The first-order valence-electron chi connectivity index (χ1n) is 10.7. The molecule has 2 fully saturated rings. The predicted molar refractivity (Wildman–Crippen MR) is 118 cm³/mol. The summed E-state index contributed by atoms with van der Waals surface area (Å²) in [5, 5.41) is 9.27. The van der Waals surface area contributed by atoms with Gasteiger partial charge in [-0.2, -0.15) is 5.26 Å². The van der Waals surface area contributed by atoms with Gasteiger partial charge >= 0.3 is 0 Å². The zero-order chi connectivity index (χ0) is 22.1. The van der Waals surface area contributed by atoms with Gasteiger partial charge in [-0.15, -0.1) is 0 Å². The van der Waals surface area contributed by atoms with Crippen molar-refractivity contribution in [3.05, 3.63) is 66.2 Å². The Kier molecular flexibility index (Phi) is 5.14. The fourth-order valence-corrected chi connectivity index (χ4v) is 4.69. The summed E-state index contributed by atoms with van der Waals surface area (Å²) in [6, 6.07) is 14.2. The van der Waals surface area contributed by atoms with E-state index in [0.29, 0.717) is 18.1 Å². The first kappa shape index (κ1) is 20.3. The van der Waals surface area contributed by atoms with E-state index < -0.39 is 0 Å². The molecule has 0 bridgehead atoms. The first-order valence-corrected chi connectivity index (χ1v) is 10.7. The largest absolute Gasteiger partial charge is 0.489 e. The van der Waals surface area contributed by atoms with Crippen LogP contribution in [0.4, 0.5) is 10.1 Å². The van der Waals surface area contributed by atoms with E-state index in [1.54, 1.807) is 18.5 Å². The number of hydrogen-bond donors (Lipinski definition) is 0. The molecule has 3 aromatic rings. The second-order valence-electron chi connectivity index (χ2n) is 8.45. The van der Waals surface area contributed by atoms with Crippen LogP contribution in [0.5, 0.6) is 11.6 Å². The van der Waals surface area contributed by atoms with Crippen molar-refractivity contribution in [3.63, 3.8) is 0 Å². The smallest absolute Gasteiger partial charge is 0.222 e. The quantitative estimate of drug-likeness (QED) is 0.569. The van der Waals surface area contributed by atoms with E-state index in [-0.39, 0.29) is 17.3 Å². The molecule has 0 radical (unpaired) electrons. The summed E-state index contributed by atoms with van der Waals surface area (Å²) >= 11 is 0. The van der Waals surface area contributed by atoms with Gasteiger partial charge in [0.05, 0.1) is 35.3 Å². The number of nitrogens with zero attached hydrogens (tertiary/aromatic N) is 4. The zero-order valence-corrected chi connectivity index (χ0v) is 17.8. The summed E-state index contributed by atoms with van der Waals surface area (Å²) in [7, 11) is 0. The molecule has 5 rings (SSSR count). The summed E-state index contributed by atoms with van der Waals surface area (Å²) in [6.07, 6.45) is 5.54. The molecule has 1 saturated heterocycles. The van der Waals surface area contributed by atoms with Gasteiger partial charge in [-0.1, -0.05) is 0 Å². The minimum atomic E-state index is -0.380. The Morgan fingerprint density at radius 2 is 2.03 bits per heavy atom. The van der Waals surface area contributed by atoms with Crippen molar-refractivity contribution < 1.29 is 13.9 Å². The number of hydrogen-bond acceptors (Lipinski definition) is 6. The third-order valence-corrected chi connectivity index (χ3v) is 6.16. The summed E-state index contributed by atoms with van der Waals surface area (Å²) in [5.41, 5.74) is 3.07. The van der Waals surface area contributed by atoms with Crippen LogP contribution in [0, 0.1) is 22.6 Å². The molecule has 1 aliphatic carbocycles. The van der Waals surface area contributed by atoms with Crippen LogP contribution in [0.2, 0.25) is 0 Å². The fourth-order valence-electron chi connectivity index (χ4n) is 4.69. The van der Waals surface area contributed by atoms with Crippen LogP contribution in [-0.4, -0.2) is 35.8 Å². The van der Waals surface area contributed by atoms with Gasteiger partial charge in [0.1, 0.15) is 23.7 Å². The van der Waals surface area contributed by atoms with Crippen molar-refractivity contribution >= 4 is 5.69 Å². The van der Waals surface area contributed by atoms with Crippen LogP contribution in [0.1, 0.15) is 25.3 Å². The second-order valence-corrected chi connectivity index (χ2v) is 8.45. The van der Waals surface area contributed by atoms with Gasteiger partial charge in [0, 0.05) is 24.7 Å². The lowest BCUT2D eigenvalue weighted by Crippen LogP contribution is -2.65. The van der Waals surface area contributed by atoms with Crippen LogP contribution >= 0.6 is 0 Å². The second kappa shape index (κ2) is 8.12. The molecule has 0 unspecified atom stereocenters. The molecule has 1 spiro atoms. The Bertz CT molecular complexity index is 1160. The van der Waals surface area contributed by atoms with Gasteiger partial charge in [0.2, 0.25) is 5.88 Å². The van der Waals surface area contributed by atoms with E-state index in [9.17, 15) is 9.65 Å². The molecule has 1 aromatic carbocycles. The molecule has 7 heteroatoms. The van der Waals surface area contributed by atoms with Crippen LogP contribution in [0.25, 0.3) is 11.3 Å². The normalized spacial score (nSPS) is 16.7. The first-order chi connectivity index (χ1) is 15.6. The molecule has 2 aliphatic rings. The van der Waals surface area contributed by atoms with E-state index in [1.165, 1.54) is 12.1 Å². The Labute approximate surface area is 186 Å². The maximum Gasteiger partial charge on any atom is 0.222 e. The van der Waals surface area contributed by atoms with E-state index in [4.69, 9.17) is 9.47 Å². The molecule has 0 N–H and O–H groups in total. The maximum absolute atomic E-state index is 13.4. The van der Waals surface area contributed by atoms with Crippen LogP contribution in [0.3, 0.4) is 0 Å². The van der Waals surface area contributed by atoms with Crippen LogP contribution in [-0.2, 0) is 0 Å². The number of halogens is 1. The van der Waals surface area contributed by atoms with E-state index in [0.717, 1.165) is 48.6 Å². The predicted octanol–water partition coefficient (Wildman–Crippen LogP) is 4.60. The van der Waals surface area contributed by atoms with Crippen molar-refractivity contribution in [2.45, 2.75) is 25.9 Å². The van der Waals surface area contributed by atoms with Crippen molar-refractivity contribution in [3.8, 4) is 29.0 Å². The van der Waals surface area contributed by atoms with Crippen molar-refractivity contribution in [2.75, 3.05) is 24.6 Å². The number of aromatic nitrogens is 2. The Morgan fingerprint density at radius 3 is 2.75 bits per heavy atom. The summed E-state index contributed by atoms with van der Waals surface area (Å²) in [5.74, 6) is 0.944. The molecule has 3 heterocycles. The van der Waals surface area contributed by atoms with E-state index >= 15 is 0 Å². The fraction of sp³-hybridized carbons (Fsp3) is 0.320. The van der Waals surface area contributed by atoms with Gasteiger partial charge in [-0.05, 0) is 62.2 Å². The average molecular weight is 430 g/mol. The van der Waals surface area contributed by atoms with Gasteiger partial charge in [-0.25, -0.2) is 9.37 Å². The number of benzene rings is 1. The van der Waals surface area contributed by atoms with Crippen molar-refractivity contribution in [2.24, 2.45) is 5.41 Å². The highest BCUT2D eigenvalue weighted by Gasteiger charge is 2.53. The third-order valence-electron chi connectivity index (χ3n) is 6.16. The molecule has 0 amide bonds. The molecule has 1 aliphatic heterocycles. The standard InChI is InChI=1S/C25H23FN4O2/c1-2-31-24-21(4-3-9-28-24)22-7-6-19(14-29-22)32-20-11-25(12-20)15-30(16-25)23-8-5-18(26)10-17(23)13-27/h3-10,14,20H,2,11-12,15-16H2,1H3. The Balaban J connectivity index is 1.17. The summed E-state index contributed by atoms with van der Waals surface area (Å²) in [6.45, 7) is 4.21. The number of nitriles is 1. The molecule has 162 valence electrons. The van der Waals surface area contributed by atoms with Gasteiger partial charge in [-0.3, -0.25) is 4.98 Å². The minimum absolute atomic E-state index is 0.158. The maximum atomic E-state index is 13.4. The molecule has 0 atom stereocenters. The highest BCUT2D eigenvalue weighted by molar-refractivity contribution is 5.65. The van der Waals surface area contributed by atoms with Crippen molar-refractivity contribution in [1.82, 2.24) is 9.97 Å². The van der Waals surface area contributed by atoms with Gasteiger partial charge in [0.15, 0.2) is 0 Å². The molecule has 32 heavy (non-hydrogen) atoms. The third kappa shape index (κ3) is 3.73. The molecular weight excluding hydrogens is 407 g/mol. The number of rotatable bonds is 6. The highest BCUT2D eigenvalue weighted by atomic mass is 19.1. The zero-order valence-electron chi connectivity index (χ0n) is 17.8. The topological polar surface area (TPSA) is 71.3 Å². The average Bonchev–Trinajstić information content (AvgIpc) is 2.76. The SMILES string of the molecule is CCOc1ncccc1-c1ccc(OC2CC3(C2)CN(c2ccc(F)cc2C#N)C3)cn1. The Morgan fingerprint density at radius 1 is 1.19 bits per heavy atom. The van der Waals surface area contributed by atoms with Crippen LogP contribution < -0.4 is 14.4 Å². The molecule has 2 aromatic heterocycles. The lowest BCUT2D eigenvalue weighted by atomic mass is 9.61. The highest BCUT2D eigenvalue weighted by Crippen LogP contribution is 2.51. The van der Waals surface area contributed by atoms with Crippen LogP contribution in [0.15, 0.2) is 54.9 Å². The lowest BCUT2D eigenvalue weighted by molar-refractivity contribution is -0.0341. The van der Waals surface area contributed by atoms with Gasteiger partial charge in [0.25, 0.3) is 0 Å². The lowest BCUT2D eigenvalue weighted by Gasteiger charge is -2.59. The summed E-state index contributed by atoms with van der Waals surface area (Å²) < 4.78 is 25.1. The summed E-state index contributed by atoms with van der Waals surface area (Å²) in [4.78, 5) is 11.0. The Hall–Kier alpha value is -3.66. The number of anilines is 1. The molecule has 1 saturated carbocycles. The monoisotopic (exact) mass is 430 g/mol. The molecule has 6 nitrogen and oxygen atoms in total. The van der Waals surface area contributed by atoms with Gasteiger partial charge < -0.3 is 14.4 Å². The number of ether oxygens (including phenoxy) is 2. The molecular formula is C25H23FN4O2.